The maximum absolute atomic E-state index is 4.55. The van der Waals surface area contributed by atoms with Crippen molar-refractivity contribution in [2.24, 2.45) is 0 Å². The average molecular weight is 291 g/mol. The van der Waals surface area contributed by atoms with E-state index in [-0.39, 0.29) is 0 Å². The summed E-state index contributed by atoms with van der Waals surface area (Å²) < 4.78 is 0. The molecule has 0 radical (unpaired) electrons. The zero-order chi connectivity index (χ0) is 14.2. The molecule has 6 heteroatoms. The molecule has 0 aliphatic carbocycles. The van der Waals surface area contributed by atoms with Gasteiger partial charge in [-0.1, -0.05) is 13.8 Å². The minimum absolute atomic E-state index is 0.750. The van der Waals surface area contributed by atoms with Crippen molar-refractivity contribution >= 4 is 23.0 Å². The Morgan fingerprint density at radius 3 is 2.55 bits per heavy atom. The maximum atomic E-state index is 4.55. The second-order valence-corrected chi connectivity index (χ2v) is 5.52. The van der Waals surface area contributed by atoms with E-state index < -0.39 is 0 Å². The highest BCUT2D eigenvalue weighted by molar-refractivity contribution is 7.09. The fourth-order valence-corrected chi connectivity index (χ4v) is 2.31. The number of nitrogens with one attached hydrogen (secondary N) is 2. The predicted molar refractivity (Wildman–Crippen MR) is 84.2 cm³/mol. The molecule has 2 N–H and O–H groups in total. The lowest BCUT2D eigenvalue weighted by molar-refractivity contribution is 0.831. The Morgan fingerprint density at radius 2 is 1.90 bits per heavy atom. The van der Waals surface area contributed by atoms with Gasteiger partial charge in [0.1, 0.15) is 17.5 Å². The minimum Gasteiger partial charge on any atom is -0.370 e. The van der Waals surface area contributed by atoms with Crippen molar-refractivity contribution in [3.05, 3.63) is 28.5 Å². The molecule has 0 atom stereocenters. The smallest absolute Gasteiger partial charge is 0.133 e. The summed E-state index contributed by atoms with van der Waals surface area (Å²) >= 11 is 1.64. The molecule has 0 saturated carbocycles. The topological polar surface area (TPSA) is 62.7 Å². The van der Waals surface area contributed by atoms with Crippen LogP contribution in [-0.2, 0) is 13.0 Å². The van der Waals surface area contributed by atoms with Gasteiger partial charge >= 0.3 is 0 Å². The van der Waals surface area contributed by atoms with Crippen LogP contribution in [0, 0.1) is 0 Å². The molecule has 0 aromatic carbocycles. The summed E-state index contributed by atoms with van der Waals surface area (Å²) in [6.07, 6.45) is 4.90. The van der Waals surface area contributed by atoms with Crippen LogP contribution in [0.2, 0.25) is 0 Å². The van der Waals surface area contributed by atoms with Gasteiger partial charge in [0, 0.05) is 30.1 Å². The number of aryl methyl sites for hydroxylation is 1. The van der Waals surface area contributed by atoms with E-state index in [0.717, 1.165) is 49.8 Å². The van der Waals surface area contributed by atoms with Crippen molar-refractivity contribution in [2.45, 2.75) is 39.7 Å². The standard InChI is InChI=1S/C14H21N5S/c1-3-5-12-18-13(16-6-4-2)7-14(19-12)17-9-11-8-15-10-20-11/h7-8,10H,3-6,9H2,1-2H3,(H2,16,17,18,19). The number of hydrogen-bond acceptors (Lipinski definition) is 6. The largest absolute Gasteiger partial charge is 0.370 e. The van der Waals surface area contributed by atoms with E-state index in [1.807, 2.05) is 17.8 Å². The lowest BCUT2D eigenvalue weighted by Gasteiger charge is -2.10. The van der Waals surface area contributed by atoms with Crippen molar-refractivity contribution in [1.82, 2.24) is 15.0 Å². The second kappa shape index (κ2) is 7.79. The molecule has 0 amide bonds. The number of thiazole rings is 1. The van der Waals surface area contributed by atoms with Crippen LogP contribution in [0.25, 0.3) is 0 Å². The molecule has 0 spiro atoms. The number of rotatable bonds is 8. The molecule has 0 saturated heterocycles. The summed E-state index contributed by atoms with van der Waals surface area (Å²) in [4.78, 5) is 14.4. The van der Waals surface area contributed by atoms with Crippen molar-refractivity contribution in [3.8, 4) is 0 Å². The molecule has 5 nitrogen and oxygen atoms in total. The van der Waals surface area contributed by atoms with Crippen LogP contribution in [0.4, 0.5) is 11.6 Å². The molecule has 20 heavy (non-hydrogen) atoms. The molecule has 0 aliphatic rings. The molecule has 2 heterocycles. The van der Waals surface area contributed by atoms with E-state index in [2.05, 4.69) is 39.4 Å². The van der Waals surface area contributed by atoms with Gasteiger partial charge < -0.3 is 10.6 Å². The maximum Gasteiger partial charge on any atom is 0.133 e. The average Bonchev–Trinajstić information content (AvgIpc) is 2.96. The van der Waals surface area contributed by atoms with Gasteiger partial charge in [-0.25, -0.2) is 9.97 Å². The van der Waals surface area contributed by atoms with Crippen LogP contribution in [0.15, 0.2) is 17.8 Å². The quantitative estimate of drug-likeness (QED) is 0.781. The first kappa shape index (κ1) is 14.7. The van der Waals surface area contributed by atoms with E-state index in [1.54, 1.807) is 11.3 Å². The molecule has 108 valence electrons. The zero-order valence-corrected chi connectivity index (χ0v) is 12.8. The van der Waals surface area contributed by atoms with Gasteiger partial charge in [-0.15, -0.1) is 11.3 Å². The number of aromatic nitrogens is 3. The fraction of sp³-hybridized carbons (Fsp3) is 0.500. The molecular weight excluding hydrogens is 270 g/mol. The van der Waals surface area contributed by atoms with E-state index >= 15 is 0 Å². The molecule has 2 rings (SSSR count). The van der Waals surface area contributed by atoms with Gasteiger partial charge in [0.15, 0.2) is 0 Å². The van der Waals surface area contributed by atoms with E-state index in [9.17, 15) is 0 Å². The highest BCUT2D eigenvalue weighted by Crippen LogP contribution is 2.15. The van der Waals surface area contributed by atoms with Gasteiger partial charge in [0.05, 0.1) is 12.1 Å². The summed E-state index contributed by atoms with van der Waals surface area (Å²) in [7, 11) is 0. The Kier molecular flexibility index (Phi) is 5.73. The third-order valence-corrected chi connectivity index (χ3v) is 3.51. The third kappa shape index (κ3) is 4.45. The first-order chi connectivity index (χ1) is 9.81. The van der Waals surface area contributed by atoms with E-state index in [0.29, 0.717) is 0 Å². The molecule has 0 unspecified atom stereocenters. The van der Waals surface area contributed by atoms with Crippen molar-refractivity contribution < 1.29 is 0 Å². The van der Waals surface area contributed by atoms with Gasteiger partial charge in [-0.3, -0.25) is 4.98 Å². The highest BCUT2D eigenvalue weighted by atomic mass is 32.1. The number of nitrogens with zero attached hydrogens (tertiary/aromatic N) is 3. The van der Waals surface area contributed by atoms with E-state index in [1.165, 1.54) is 4.88 Å². The van der Waals surface area contributed by atoms with Crippen molar-refractivity contribution in [1.29, 1.82) is 0 Å². The van der Waals surface area contributed by atoms with Crippen molar-refractivity contribution in [3.63, 3.8) is 0 Å². The molecule has 0 fully saturated rings. The molecule has 0 bridgehead atoms. The van der Waals surface area contributed by atoms with E-state index in [4.69, 9.17) is 0 Å². The van der Waals surface area contributed by atoms with Crippen LogP contribution in [0.3, 0.4) is 0 Å². The van der Waals surface area contributed by atoms with Crippen LogP contribution in [0.1, 0.15) is 37.4 Å². The summed E-state index contributed by atoms with van der Waals surface area (Å²) in [6.45, 7) is 5.96. The lowest BCUT2D eigenvalue weighted by atomic mass is 10.3. The Bertz CT molecular complexity index is 512. The normalized spacial score (nSPS) is 10.5. The highest BCUT2D eigenvalue weighted by Gasteiger charge is 2.04. The number of anilines is 2. The van der Waals surface area contributed by atoms with Crippen LogP contribution < -0.4 is 10.6 Å². The summed E-state index contributed by atoms with van der Waals surface area (Å²) in [6, 6.07) is 1.97. The second-order valence-electron chi connectivity index (χ2n) is 4.55. The first-order valence-electron chi connectivity index (χ1n) is 7.05. The summed E-state index contributed by atoms with van der Waals surface area (Å²) in [5.74, 6) is 2.66. The molecule has 2 aromatic rings. The third-order valence-electron chi connectivity index (χ3n) is 2.73. The Hall–Kier alpha value is -1.69. The minimum atomic E-state index is 0.750. The molecule has 2 aromatic heterocycles. The van der Waals surface area contributed by atoms with Crippen LogP contribution in [-0.4, -0.2) is 21.5 Å². The number of hydrogen-bond donors (Lipinski definition) is 2. The van der Waals surface area contributed by atoms with Crippen LogP contribution >= 0.6 is 11.3 Å². The SMILES string of the molecule is CCCNc1cc(NCc2cncs2)nc(CCC)n1. The van der Waals surface area contributed by atoms with Gasteiger partial charge in [0.2, 0.25) is 0 Å². The Labute approximate surface area is 123 Å². The fourth-order valence-electron chi connectivity index (χ4n) is 1.77. The Morgan fingerprint density at radius 1 is 1.10 bits per heavy atom. The Balaban J connectivity index is 2.06. The predicted octanol–water partition coefficient (Wildman–Crippen LogP) is 3.32. The van der Waals surface area contributed by atoms with Gasteiger partial charge in [-0.05, 0) is 12.8 Å². The monoisotopic (exact) mass is 291 g/mol. The van der Waals surface area contributed by atoms with Gasteiger partial charge in [0.25, 0.3) is 0 Å². The first-order valence-corrected chi connectivity index (χ1v) is 7.92. The molecule has 0 aliphatic heterocycles. The summed E-state index contributed by atoms with van der Waals surface area (Å²) in [5, 5.41) is 6.67. The summed E-state index contributed by atoms with van der Waals surface area (Å²) in [5.41, 5.74) is 1.84. The van der Waals surface area contributed by atoms with Crippen LogP contribution in [0.5, 0.6) is 0 Å². The lowest BCUT2D eigenvalue weighted by Crippen LogP contribution is -2.08. The van der Waals surface area contributed by atoms with Gasteiger partial charge in [-0.2, -0.15) is 0 Å². The molecular formula is C14H21N5S. The van der Waals surface area contributed by atoms with Crippen molar-refractivity contribution in [2.75, 3.05) is 17.2 Å². The zero-order valence-electron chi connectivity index (χ0n) is 12.0.